The summed E-state index contributed by atoms with van der Waals surface area (Å²) in [6, 6.07) is 11.6. The number of carbonyl (C=O) groups excluding carboxylic acids is 2. The summed E-state index contributed by atoms with van der Waals surface area (Å²) in [7, 11) is 0. The van der Waals surface area contributed by atoms with Crippen molar-refractivity contribution >= 4 is 46.6 Å². The van der Waals surface area contributed by atoms with Crippen LogP contribution in [-0.2, 0) is 22.6 Å². The van der Waals surface area contributed by atoms with Crippen molar-refractivity contribution in [1.82, 2.24) is 10.2 Å². The molecule has 0 bridgehead atoms. The molecular weight excluding hydrogens is 431 g/mol. The van der Waals surface area contributed by atoms with Crippen LogP contribution in [0.3, 0.4) is 0 Å². The van der Waals surface area contributed by atoms with E-state index in [9.17, 15) is 9.59 Å². The third-order valence-electron chi connectivity index (χ3n) is 4.45. The molecule has 2 aromatic rings. The van der Waals surface area contributed by atoms with Gasteiger partial charge in [0.15, 0.2) is 0 Å². The van der Waals surface area contributed by atoms with Crippen molar-refractivity contribution in [3.8, 4) is 0 Å². The zero-order valence-corrected chi connectivity index (χ0v) is 19.0. The smallest absolute Gasteiger partial charge is 0.242 e. The molecule has 0 radical (unpaired) electrons. The van der Waals surface area contributed by atoms with Gasteiger partial charge >= 0.3 is 0 Å². The normalized spacial score (nSPS) is 12.0. The second-order valence-corrected chi connectivity index (χ2v) is 8.66. The zero-order chi connectivity index (χ0) is 21.6. The SMILES string of the molecule is CC(C)CNC(=O)[C@@H](C)N(Cc1cccc(Cl)c1)C(=O)Cc1ccc(Cl)cc1Cl. The lowest BCUT2D eigenvalue weighted by atomic mass is 10.1. The van der Waals surface area contributed by atoms with Crippen molar-refractivity contribution in [1.29, 1.82) is 0 Å². The van der Waals surface area contributed by atoms with E-state index in [4.69, 9.17) is 34.8 Å². The fourth-order valence-electron chi connectivity index (χ4n) is 2.80. The Morgan fingerprint density at radius 2 is 1.69 bits per heavy atom. The third kappa shape index (κ3) is 7.22. The van der Waals surface area contributed by atoms with Crippen molar-refractivity contribution < 1.29 is 9.59 Å². The molecule has 0 aliphatic rings. The second-order valence-electron chi connectivity index (χ2n) is 7.38. The van der Waals surface area contributed by atoms with Crippen LogP contribution in [0, 0.1) is 5.92 Å². The average molecular weight is 456 g/mol. The van der Waals surface area contributed by atoms with Gasteiger partial charge in [-0.25, -0.2) is 0 Å². The monoisotopic (exact) mass is 454 g/mol. The molecule has 29 heavy (non-hydrogen) atoms. The predicted molar refractivity (Wildman–Crippen MR) is 119 cm³/mol. The van der Waals surface area contributed by atoms with E-state index in [0.717, 1.165) is 5.56 Å². The Morgan fingerprint density at radius 3 is 2.31 bits per heavy atom. The summed E-state index contributed by atoms with van der Waals surface area (Å²) >= 11 is 18.3. The Labute approximate surface area is 187 Å². The number of carbonyl (C=O) groups is 2. The fraction of sp³-hybridized carbons (Fsp3) is 0.364. The van der Waals surface area contributed by atoms with Gasteiger partial charge in [0.2, 0.25) is 11.8 Å². The zero-order valence-electron chi connectivity index (χ0n) is 16.7. The van der Waals surface area contributed by atoms with Gasteiger partial charge in [-0.05, 0) is 48.2 Å². The first-order valence-corrected chi connectivity index (χ1v) is 10.6. The van der Waals surface area contributed by atoms with Crippen LogP contribution in [0.4, 0.5) is 0 Å². The highest BCUT2D eigenvalue weighted by Gasteiger charge is 2.26. The Balaban J connectivity index is 2.24. The fourth-order valence-corrected chi connectivity index (χ4v) is 3.48. The van der Waals surface area contributed by atoms with E-state index in [1.165, 1.54) is 0 Å². The molecule has 0 aliphatic heterocycles. The highest BCUT2D eigenvalue weighted by Crippen LogP contribution is 2.23. The molecule has 1 N–H and O–H groups in total. The summed E-state index contributed by atoms with van der Waals surface area (Å²) in [6.45, 7) is 6.57. The van der Waals surface area contributed by atoms with Gasteiger partial charge in [-0.15, -0.1) is 0 Å². The molecule has 0 aliphatic carbocycles. The minimum atomic E-state index is -0.647. The van der Waals surface area contributed by atoms with Crippen LogP contribution < -0.4 is 5.32 Å². The van der Waals surface area contributed by atoms with Gasteiger partial charge in [-0.3, -0.25) is 9.59 Å². The summed E-state index contributed by atoms with van der Waals surface area (Å²) in [6.07, 6.45) is 0.0678. The van der Waals surface area contributed by atoms with Crippen LogP contribution in [-0.4, -0.2) is 29.3 Å². The van der Waals surface area contributed by atoms with Crippen LogP contribution in [0.25, 0.3) is 0 Å². The summed E-state index contributed by atoms with van der Waals surface area (Å²) in [5.41, 5.74) is 1.50. The molecule has 7 heteroatoms. The lowest BCUT2D eigenvalue weighted by Gasteiger charge is -2.29. The van der Waals surface area contributed by atoms with Crippen LogP contribution in [0.15, 0.2) is 42.5 Å². The summed E-state index contributed by atoms with van der Waals surface area (Å²) in [5.74, 6) is -0.0891. The molecule has 2 amide bonds. The summed E-state index contributed by atoms with van der Waals surface area (Å²) in [5, 5.41) is 4.40. The first-order valence-electron chi connectivity index (χ1n) is 9.43. The highest BCUT2D eigenvalue weighted by atomic mass is 35.5. The number of benzene rings is 2. The Kier molecular flexibility index (Phi) is 8.81. The average Bonchev–Trinajstić information content (AvgIpc) is 2.65. The van der Waals surface area contributed by atoms with Crippen LogP contribution in [0.5, 0.6) is 0 Å². The quantitative estimate of drug-likeness (QED) is 0.581. The summed E-state index contributed by atoms with van der Waals surface area (Å²) < 4.78 is 0. The molecule has 0 saturated carbocycles. The summed E-state index contributed by atoms with van der Waals surface area (Å²) in [4.78, 5) is 27.3. The minimum absolute atomic E-state index is 0.0678. The third-order valence-corrected chi connectivity index (χ3v) is 5.27. The van der Waals surface area contributed by atoms with E-state index in [2.05, 4.69) is 5.32 Å². The molecule has 0 spiro atoms. The number of nitrogens with zero attached hydrogens (tertiary/aromatic N) is 1. The van der Waals surface area contributed by atoms with Crippen LogP contribution in [0.1, 0.15) is 31.9 Å². The van der Waals surface area contributed by atoms with Crippen LogP contribution >= 0.6 is 34.8 Å². The Morgan fingerprint density at radius 1 is 1.00 bits per heavy atom. The number of halogens is 3. The van der Waals surface area contributed by atoms with E-state index >= 15 is 0 Å². The molecule has 0 aromatic heterocycles. The maximum atomic E-state index is 13.1. The number of hydrogen-bond acceptors (Lipinski definition) is 2. The molecule has 0 fully saturated rings. The topological polar surface area (TPSA) is 49.4 Å². The molecule has 0 saturated heterocycles. The molecular formula is C22H25Cl3N2O2. The Bertz CT molecular complexity index is 871. The van der Waals surface area contributed by atoms with Gasteiger partial charge in [0.1, 0.15) is 6.04 Å². The Hall–Kier alpha value is -1.75. The highest BCUT2D eigenvalue weighted by molar-refractivity contribution is 6.35. The van der Waals surface area contributed by atoms with Crippen LogP contribution in [0.2, 0.25) is 15.1 Å². The predicted octanol–water partition coefficient (Wildman–Crippen LogP) is 5.38. The molecule has 156 valence electrons. The van der Waals surface area contributed by atoms with Crippen molar-refractivity contribution in [2.24, 2.45) is 5.92 Å². The number of nitrogens with one attached hydrogen (secondary N) is 1. The lowest BCUT2D eigenvalue weighted by molar-refractivity contribution is -0.140. The second kappa shape index (κ2) is 10.9. The van der Waals surface area contributed by atoms with Gasteiger partial charge in [0, 0.05) is 28.2 Å². The van der Waals surface area contributed by atoms with Gasteiger partial charge in [0.25, 0.3) is 0 Å². The standard InChI is InChI=1S/C22H25Cl3N2O2/c1-14(2)12-26-22(29)15(3)27(13-16-5-4-6-18(23)9-16)21(28)10-17-7-8-19(24)11-20(17)25/h4-9,11,14-15H,10,12-13H2,1-3H3,(H,26,29)/t15-/m1/s1. The first-order chi connectivity index (χ1) is 13.7. The molecule has 4 nitrogen and oxygen atoms in total. The molecule has 0 heterocycles. The first kappa shape index (κ1) is 23.5. The number of hydrogen-bond donors (Lipinski definition) is 1. The van der Waals surface area contributed by atoms with Gasteiger partial charge in [0.05, 0.1) is 6.42 Å². The number of amides is 2. The largest absolute Gasteiger partial charge is 0.354 e. The maximum absolute atomic E-state index is 13.1. The van der Waals surface area contributed by atoms with E-state index < -0.39 is 6.04 Å². The van der Waals surface area contributed by atoms with E-state index in [1.807, 2.05) is 26.0 Å². The molecule has 1 atom stereocenters. The van der Waals surface area contributed by atoms with Gasteiger partial charge in [-0.2, -0.15) is 0 Å². The molecule has 2 rings (SSSR count). The van der Waals surface area contributed by atoms with E-state index in [-0.39, 0.29) is 24.8 Å². The van der Waals surface area contributed by atoms with Crippen molar-refractivity contribution in [3.05, 3.63) is 68.7 Å². The van der Waals surface area contributed by atoms with Crippen molar-refractivity contribution in [3.63, 3.8) is 0 Å². The molecule has 2 aromatic carbocycles. The molecule has 0 unspecified atom stereocenters. The van der Waals surface area contributed by atoms with Gasteiger partial charge in [-0.1, -0.05) is 66.8 Å². The van der Waals surface area contributed by atoms with Gasteiger partial charge < -0.3 is 10.2 Å². The lowest BCUT2D eigenvalue weighted by Crippen LogP contribution is -2.48. The number of rotatable bonds is 8. The van der Waals surface area contributed by atoms with E-state index in [0.29, 0.717) is 33.1 Å². The maximum Gasteiger partial charge on any atom is 0.242 e. The van der Waals surface area contributed by atoms with E-state index in [1.54, 1.807) is 42.2 Å². The van der Waals surface area contributed by atoms with Crippen molar-refractivity contribution in [2.75, 3.05) is 6.54 Å². The van der Waals surface area contributed by atoms with Crippen molar-refractivity contribution in [2.45, 2.75) is 39.8 Å². The minimum Gasteiger partial charge on any atom is -0.354 e.